The molecule has 0 aliphatic carbocycles. The zero-order valence-electron chi connectivity index (χ0n) is 16.0. The molecule has 2 heteroatoms. The largest absolute Gasteiger partial charge is 0.322 e. The lowest BCUT2D eigenvalue weighted by molar-refractivity contribution is -0.111. The van der Waals surface area contributed by atoms with Gasteiger partial charge in [0.05, 0.1) is 0 Å². The Morgan fingerprint density at radius 2 is 1.52 bits per heavy atom. The summed E-state index contributed by atoms with van der Waals surface area (Å²) in [6, 6.07) is 14.6. The van der Waals surface area contributed by atoms with E-state index in [0.717, 1.165) is 24.1 Å². The minimum absolute atomic E-state index is 0.0875. The van der Waals surface area contributed by atoms with Crippen molar-refractivity contribution in [3.05, 3.63) is 70.8 Å². The molecule has 1 N–H and O–H groups in total. The third-order valence-corrected chi connectivity index (χ3v) is 4.45. The third kappa shape index (κ3) is 5.06. The van der Waals surface area contributed by atoms with Crippen molar-refractivity contribution in [1.29, 1.82) is 0 Å². The van der Waals surface area contributed by atoms with Crippen molar-refractivity contribution in [3.8, 4) is 0 Å². The summed E-state index contributed by atoms with van der Waals surface area (Å²) >= 11 is 0. The molecule has 2 aromatic rings. The van der Waals surface area contributed by atoms with Crippen molar-refractivity contribution in [2.24, 2.45) is 0 Å². The van der Waals surface area contributed by atoms with E-state index in [-0.39, 0.29) is 11.3 Å². The first-order valence-corrected chi connectivity index (χ1v) is 9.05. The number of nitrogens with one attached hydrogen (secondary N) is 1. The normalized spacial score (nSPS) is 11.7. The number of carbonyl (C=O) groups is 1. The van der Waals surface area contributed by atoms with Crippen molar-refractivity contribution in [2.45, 2.75) is 52.9 Å². The van der Waals surface area contributed by atoms with Crippen LogP contribution in [0.2, 0.25) is 0 Å². The van der Waals surface area contributed by atoms with Crippen LogP contribution in [-0.4, -0.2) is 5.91 Å². The van der Waals surface area contributed by atoms with Crippen LogP contribution in [0, 0.1) is 0 Å². The number of hydrogen-bond acceptors (Lipinski definition) is 1. The topological polar surface area (TPSA) is 29.1 Å². The molecule has 0 atom stereocenters. The molecule has 0 aromatic heterocycles. The molecule has 0 saturated heterocycles. The van der Waals surface area contributed by atoms with E-state index in [9.17, 15) is 4.79 Å². The third-order valence-electron chi connectivity index (χ3n) is 4.45. The molecule has 0 spiro atoms. The number of amides is 1. The lowest BCUT2D eigenvalue weighted by Gasteiger charge is -2.18. The summed E-state index contributed by atoms with van der Waals surface area (Å²) in [7, 11) is 0. The van der Waals surface area contributed by atoms with E-state index in [2.05, 4.69) is 82.4 Å². The molecule has 0 aliphatic heterocycles. The molecular weight excluding hydrogens is 306 g/mol. The first-order chi connectivity index (χ1) is 11.8. The summed E-state index contributed by atoms with van der Waals surface area (Å²) in [4.78, 5) is 12.4. The van der Waals surface area contributed by atoms with Gasteiger partial charge in [0.2, 0.25) is 5.91 Å². The van der Waals surface area contributed by atoms with E-state index >= 15 is 0 Å². The monoisotopic (exact) mass is 335 g/mol. The highest BCUT2D eigenvalue weighted by Crippen LogP contribution is 2.24. The van der Waals surface area contributed by atoms with E-state index in [1.165, 1.54) is 16.7 Å². The van der Waals surface area contributed by atoms with E-state index in [4.69, 9.17) is 0 Å². The van der Waals surface area contributed by atoms with Gasteiger partial charge in [0.1, 0.15) is 0 Å². The number of benzene rings is 2. The molecule has 0 heterocycles. The molecule has 2 rings (SSSR count). The average molecular weight is 335 g/mol. The number of anilines is 1. The molecule has 0 radical (unpaired) electrons. The summed E-state index contributed by atoms with van der Waals surface area (Å²) in [6.45, 7) is 10.8. The fourth-order valence-electron chi connectivity index (χ4n) is 2.83. The smallest absolute Gasteiger partial charge is 0.248 e. The highest BCUT2D eigenvalue weighted by atomic mass is 16.1. The van der Waals surface area contributed by atoms with Crippen LogP contribution in [0.15, 0.2) is 48.5 Å². The standard InChI is InChI=1S/C23H29NO/c1-6-18-9-8-10-19(7-2)22(18)24-21(25)16-13-17-11-14-20(15-12-17)23(3,4)5/h8-16H,6-7H2,1-5H3,(H,24,25)/b16-13-. The lowest BCUT2D eigenvalue weighted by atomic mass is 9.87. The molecule has 1 amide bonds. The van der Waals surface area contributed by atoms with Crippen LogP contribution in [0.5, 0.6) is 0 Å². The molecule has 0 aliphatic rings. The second-order valence-electron chi connectivity index (χ2n) is 7.35. The molecule has 132 valence electrons. The highest BCUT2D eigenvalue weighted by Gasteiger charge is 2.12. The Morgan fingerprint density at radius 1 is 0.960 bits per heavy atom. The van der Waals surface area contributed by atoms with Crippen molar-refractivity contribution >= 4 is 17.7 Å². The van der Waals surface area contributed by atoms with Crippen molar-refractivity contribution in [1.82, 2.24) is 0 Å². The summed E-state index contributed by atoms with van der Waals surface area (Å²) in [6.07, 6.45) is 5.28. The van der Waals surface area contributed by atoms with Gasteiger partial charge in [-0.25, -0.2) is 0 Å². The zero-order chi connectivity index (χ0) is 18.4. The maximum absolute atomic E-state index is 12.4. The first kappa shape index (κ1) is 19.0. The van der Waals surface area contributed by atoms with Crippen molar-refractivity contribution in [2.75, 3.05) is 5.32 Å². The fraction of sp³-hybridized carbons (Fsp3) is 0.348. The summed E-state index contributed by atoms with van der Waals surface area (Å²) < 4.78 is 0. The Kier molecular flexibility index (Phi) is 6.19. The summed E-state index contributed by atoms with van der Waals surface area (Å²) in [5.74, 6) is -0.0875. The average Bonchev–Trinajstić information content (AvgIpc) is 2.59. The maximum atomic E-state index is 12.4. The Hall–Kier alpha value is -2.35. The van der Waals surface area contributed by atoms with Crippen LogP contribution in [-0.2, 0) is 23.1 Å². The predicted molar refractivity (Wildman–Crippen MR) is 108 cm³/mol. The van der Waals surface area contributed by atoms with Crippen molar-refractivity contribution in [3.63, 3.8) is 0 Å². The molecular formula is C23H29NO. The molecule has 0 unspecified atom stereocenters. The lowest BCUT2D eigenvalue weighted by Crippen LogP contribution is -2.12. The van der Waals surface area contributed by atoms with E-state index in [1.807, 2.05) is 6.08 Å². The Labute approximate surface area is 152 Å². The molecule has 0 saturated carbocycles. The zero-order valence-corrected chi connectivity index (χ0v) is 16.0. The minimum atomic E-state index is -0.0875. The second kappa shape index (κ2) is 8.15. The van der Waals surface area contributed by atoms with Crippen LogP contribution in [0.25, 0.3) is 6.08 Å². The molecule has 0 bridgehead atoms. The number of hydrogen-bond donors (Lipinski definition) is 1. The molecule has 2 nitrogen and oxygen atoms in total. The highest BCUT2D eigenvalue weighted by molar-refractivity contribution is 6.02. The molecule has 25 heavy (non-hydrogen) atoms. The minimum Gasteiger partial charge on any atom is -0.322 e. The Balaban J connectivity index is 2.11. The quantitative estimate of drug-likeness (QED) is 0.691. The fourth-order valence-corrected chi connectivity index (χ4v) is 2.83. The number of carbonyl (C=O) groups excluding carboxylic acids is 1. The summed E-state index contributed by atoms with van der Waals surface area (Å²) in [5.41, 5.74) is 5.78. The van der Waals surface area contributed by atoms with Gasteiger partial charge in [-0.3, -0.25) is 4.79 Å². The number of para-hydroxylation sites is 1. The van der Waals surface area contributed by atoms with Gasteiger partial charge in [-0.2, -0.15) is 0 Å². The first-order valence-electron chi connectivity index (χ1n) is 9.05. The van der Waals surface area contributed by atoms with E-state index in [0.29, 0.717) is 0 Å². The van der Waals surface area contributed by atoms with Gasteiger partial charge in [0, 0.05) is 11.8 Å². The summed E-state index contributed by atoms with van der Waals surface area (Å²) in [5, 5.41) is 3.06. The Morgan fingerprint density at radius 3 is 2.00 bits per heavy atom. The number of aryl methyl sites for hydroxylation is 2. The SMILES string of the molecule is CCc1cccc(CC)c1NC(=O)/C=C\c1ccc(C(C)(C)C)cc1. The van der Waals surface area contributed by atoms with Gasteiger partial charge in [-0.05, 0) is 46.6 Å². The van der Waals surface area contributed by atoms with Crippen LogP contribution >= 0.6 is 0 Å². The van der Waals surface area contributed by atoms with E-state index in [1.54, 1.807) is 6.08 Å². The van der Waals surface area contributed by atoms with Gasteiger partial charge in [-0.1, -0.05) is 77.1 Å². The van der Waals surface area contributed by atoms with Gasteiger partial charge in [-0.15, -0.1) is 0 Å². The van der Waals surface area contributed by atoms with Gasteiger partial charge in [0.15, 0.2) is 0 Å². The van der Waals surface area contributed by atoms with Crippen molar-refractivity contribution < 1.29 is 4.79 Å². The van der Waals surface area contributed by atoms with Crippen LogP contribution < -0.4 is 5.32 Å². The van der Waals surface area contributed by atoms with Crippen LogP contribution in [0.3, 0.4) is 0 Å². The van der Waals surface area contributed by atoms with Crippen LogP contribution in [0.4, 0.5) is 5.69 Å². The van der Waals surface area contributed by atoms with Gasteiger partial charge in [0.25, 0.3) is 0 Å². The van der Waals surface area contributed by atoms with E-state index < -0.39 is 0 Å². The van der Waals surface area contributed by atoms with Gasteiger partial charge >= 0.3 is 0 Å². The molecule has 2 aromatic carbocycles. The maximum Gasteiger partial charge on any atom is 0.248 e. The second-order valence-corrected chi connectivity index (χ2v) is 7.35. The van der Waals surface area contributed by atoms with Gasteiger partial charge < -0.3 is 5.32 Å². The van der Waals surface area contributed by atoms with Crippen LogP contribution in [0.1, 0.15) is 56.9 Å². The Bertz CT molecular complexity index is 726. The molecule has 0 fully saturated rings. The number of rotatable bonds is 5. The predicted octanol–water partition coefficient (Wildman–Crippen LogP) is 5.76.